The van der Waals surface area contributed by atoms with Crippen LogP contribution in [0.1, 0.15) is 23.6 Å². The standard InChI is InChI=1S/C22H25N3O3.ClH/c1-28-20-9-5-3-7-17(20)19-14-23-12-13-24(19)22(27)15-25-18-8-4-2-6-16(18)10-11-21(25)26;/h2-9,19,23H,10-15H2,1H3;1H. The summed E-state index contributed by atoms with van der Waals surface area (Å²) in [6.45, 7) is 2.07. The zero-order valence-electron chi connectivity index (χ0n) is 16.5. The molecule has 1 fully saturated rings. The number of methoxy groups -OCH3 is 1. The molecule has 1 unspecified atom stereocenters. The number of hydrogen-bond acceptors (Lipinski definition) is 4. The molecular weight excluding hydrogens is 390 g/mol. The van der Waals surface area contributed by atoms with Crippen LogP contribution in [0.3, 0.4) is 0 Å². The number of ether oxygens (including phenoxy) is 1. The highest BCUT2D eigenvalue weighted by Crippen LogP contribution is 2.31. The van der Waals surface area contributed by atoms with Crippen LogP contribution in [0, 0.1) is 0 Å². The Morgan fingerprint density at radius 1 is 1.14 bits per heavy atom. The Bertz CT molecular complexity index is 889. The number of para-hydroxylation sites is 2. The number of fused-ring (bicyclic) bond motifs is 1. The van der Waals surface area contributed by atoms with Crippen molar-refractivity contribution >= 4 is 29.9 Å². The number of amides is 2. The van der Waals surface area contributed by atoms with E-state index >= 15 is 0 Å². The zero-order valence-corrected chi connectivity index (χ0v) is 17.3. The van der Waals surface area contributed by atoms with Gasteiger partial charge in [-0.05, 0) is 24.1 Å². The Labute approximate surface area is 177 Å². The lowest BCUT2D eigenvalue weighted by Gasteiger charge is -2.39. The summed E-state index contributed by atoms with van der Waals surface area (Å²) >= 11 is 0. The summed E-state index contributed by atoms with van der Waals surface area (Å²) in [5.74, 6) is 0.742. The molecule has 29 heavy (non-hydrogen) atoms. The molecule has 0 radical (unpaired) electrons. The average Bonchev–Trinajstić information content (AvgIpc) is 2.75. The fourth-order valence-corrected chi connectivity index (χ4v) is 4.12. The number of carbonyl (C=O) groups is 2. The number of anilines is 1. The maximum atomic E-state index is 13.3. The SMILES string of the molecule is COc1ccccc1C1CNCCN1C(=O)CN1C(=O)CCc2ccccc21.Cl. The minimum atomic E-state index is -0.118. The van der Waals surface area contributed by atoms with E-state index in [1.165, 1.54) is 0 Å². The first-order valence-corrected chi connectivity index (χ1v) is 9.70. The Morgan fingerprint density at radius 2 is 1.90 bits per heavy atom. The molecule has 2 aliphatic heterocycles. The molecule has 2 heterocycles. The molecule has 1 N–H and O–H groups in total. The summed E-state index contributed by atoms with van der Waals surface area (Å²) in [6, 6.07) is 15.5. The number of benzene rings is 2. The van der Waals surface area contributed by atoms with Gasteiger partial charge in [-0.3, -0.25) is 9.59 Å². The van der Waals surface area contributed by atoms with Crippen LogP contribution in [0.2, 0.25) is 0 Å². The third-order valence-electron chi connectivity index (χ3n) is 5.55. The van der Waals surface area contributed by atoms with E-state index in [1.807, 2.05) is 53.4 Å². The van der Waals surface area contributed by atoms with Crippen LogP contribution >= 0.6 is 12.4 Å². The van der Waals surface area contributed by atoms with Crippen molar-refractivity contribution in [3.8, 4) is 5.75 Å². The molecule has 0 aliphatic carbocycles. The highest BCUT2D eigenvalue weighted by molar-refractivity contribution is 6.01. The molecule has 154 valence electrons. The van der Waals surface area contributed by atoms with Gasteiger partial charge in [-0.2, -0.15) is 0 Å². The predicted molar refractivity (Wildman–Crippen MR) is 115 cm³/mol. The number of nitrogens with one attached hydrogen (secondary N) is 1. The lowest BCUT2D eigenvalue weighted by molar-refractivity contribution is -0.134. The van der Waals surface area contributed by atoms with E-state index in [0.717, 1.165) is 35.5 Å². The number of nitrogens with zero attached hydrogens (tertiary/aromatic N) is 2. The van der Waals surface area contributed by atoms with Crippen molar-refractivity contribution in [2.75, 3.05) is 38.2 Å². The molecular formula is C22H26ClN3O3. The second-order valence-electron chi connectivity index (χ2n) is 7.16. The van der Waals surface area contributed by atoms with Crippen molar-refractivity contribution in [2.45, 2.75) is 18.9 Å². The molecule has 0 saturated carbocycles. The first-order valence-electron chi connectivity index (χ1n) is 9.70. The van der Waals surface area contributed by atoms with Gasteiger partial charge in [0.2, 0.25) is 11.8 Å². The molecule has 4 rings (SSSR count). The van der Waals surface area contributed by atoms with Crippen molar-refractivity contribution in [1.82, 2.24) is 10.2 Å². The molecule has 0 spiro atoms. The third-order valence-corrected chi connectivity index (χ3v) is 5.55. The second kappa shape index (κ2) is 9.29. The topological polar surface area (TPSA) is 61.9 Å². The summed E-state index contributed by atoms with van der Waals surface area (Å²) < 4.78 is 5.51. The summed E-state index contributed by atoms with van der Waals surface area (Å²) in [5, 5.41) is 3.37. The monoisotopic (exact) mass is 415 g/mol. The first kappa shape index (κ1) is 21.1. The van der Waals surface area contributed by atoms with Crippen LogP contribution in [0.15, 0.2) is 48.5 Å². The number of hydrogen-bond donors (Lipinski definition) is 1. The van der Waals surface area contributed by atoms with Gasteiger partial charge in [0, 0.05) is 37.3 Å². The average molecular weight is 416 g/mol. The normalized spacial score (nSPS) is 18.7. The van der Waals surface area contributed by atoms with Crippen molar-refractivity contribution in [2.24, 2.45) is 0 Å². The molecule has 2 aliphatic rings. The lowest BCUT2D eigenvalue weighted by Crippen LogP contribution is -2.52. The Balaban J connectivity index is 0.00000240. The van der Waals surface area contributed by atoms with E-state index < -0.39 is 0 Å². The van der Waals surface area contributed by atoms with Crippen LogP contribution < -0.4 is 15.0 Å². The van der Waals surface area contributed by atoms with E-state index in [1.54, 1.807) is 12.0 Å². The minimum Gasteiger partial charge on any atom is -0.496 e. The lowest BCUT2D eigenvalue weighted by atomic mass is 10.00. The largest absolute Gasteiger partial charge is 0.496 e. The fraction of sp³-hybridized carbons (Fsp3) is 0.364. The van der Waals surface area contributed by atoms with E-state index in [-0.39, 0.29) is 36.8 Å². The highest BCUT2D eigenvalue weighted by Gasteiger charge is 2.33. The van der Waals surface area contributed by atoms with Gasteiger partial charge < -0.3 is 19.9 Å². The molecule has 0 aromatic heterocycles. The smallest absolute Gasteiger partial charge is 0.243 e. The maximum Gasteiger partial charge on any atom is 0.243 e. The number of halogens is 1. The Kier molecular flexibility index (Phi) is 6.77. The molecule has 6 nitrogen and oxygen atoms in total. The second-order valence-corrected chi connectivity index (χ2v) is 7.16. The highest BCUT2D eigenvalue weighted by atomic mass is 35.5. The number of carbonyl (C=O) groups excluding carboxylic acids is 2. The van der Waals surface area contributed by atoms with E-state index in [2.05, 4.69) is 5.32 Å². The van der Waals surface area contributed by atoms with Crippen LogP contribution in [0.4, 0.5) is 5.69 Å². The van der Waals surface area contributed by atoms with E-state index in [9.17, 15) is 9.59 Å². The van der Waals surface area contributed by atoms with Crippen molar-refractivity contribution in [3.05, 3.63) is 59.7 Å². The molecule has 7 heteroatoms. The molecule has 0 bridgehead atoms. The van der Waals surface area contributed by atoms with Gasteiger partial charge in [0.15, 0.2) is 0 Å². The Hall–Kier alpha value is -2.57. The van der Waals surface area contributed by atoms with E-state index in [0.29, 0.717) is 19.5 Å². The third kappa shape index (κ3) is 4.23. The number of aryl methyl sites for hydroxylation is 1. The first-order chi connectivity index (χ1) is 13.7. The minimum absolute atomic E-state index is 0. The zero-order chi connectivity index (χ0) is 19.5. The van der Waals surface area contributed by atoms with Gasteiger partial charge in [0.1, 0.15) is 12.3 Å². The van der Waals surface area contributed by atoms with Crippen LogP contribution in [0.25, 0.3) is 0 Å². The van der Waals surface area contributed by atoms with Gasteiger partial charge >= 0.3 is 0 Å². The number of rotatable bonds is 4. The quantitative estimate of drug-likeness (QED) is 0.833. The summed E-state index contributed by atoms with van der Waals surface area (Å²) in [5.41, 5.74) is 2.96. The van der Waals surface area contributed by atoms with Gasteiger partial charge in [-0.1, -0.05) is 36.4 Å². The van der Waals surface area contributed by atoms with E-state index in [4.69, 9.17) is 4.74 Å². The maximum absolute atomic E-state index is 13.3. The van der Waals surface area contributed by atoms with Crippen molar-refractivity contribution in [3.63, 3.8) is 0 Å². The molecule has 1 saturated heterocycles. The summed E-state index contributed by atoms with van der Waals surface area (Å²) in [4.78, 5) is 29.3. The van der Waals surface area contributed by atoms with Crippen LogP contribution in [-0.2, 0) is 16.0 Å². The van der Waals surface area contributed by atoms with Crippen molar-refractivity contribution < 1.29 is 14.3 Å². The van der Waals surface area contributed by atoms with Crippen LogP contribution in [0.5, 0.6) is 5.75 Å². The molecule has 2 amide bonds. The van der Waals surface area contributed by atoms with Gasteiger partial charge in [0.25, 0.3) is 0 Å². The number of piperazine rings is 1. The van der Waals surface area contributed by atoms with Crippen LogP contribution in [-0.4, -0.2) is 50.0 Å². The van der Waals surface area contributed by atoms with Crippen molar-refractivity contribution in [1.29, 1.82) is 0 Å². The molecule has 2 aromatic rings. The fourth-order valence-electron chi connectivity index (χ4n) is 4.12. The predicted octanol–water partition coefficient (Wildman–Crippen LogP) is 2.57. The van der Waals surface area contributed by atoms with Gasteiger partial charge in [0.05, 0.1) is 13.2 Å². The van der Waals surface area contributed by atoms with Gasteiger partial charge in [-0.25, -0.2) is 0 Å². The summed E-state index contributed by atoms with van der Waals surface area (Å²) in [6.07, 6.45) is 1.18. The van der Waals surface area contributed by atoms with Gasteiger partial charge in [-0.15, -0.1) is 12.4 Å². The summed E-state index contributed by atoms with van der Waals surface area (Å²) in [7, 11) is 1.64. The molecule has 2 aromatic carbocycles. The molecule has 1 atom stereocenters. The Morgan fingerprint density at radius 3 is 2.72 bits per heavy atom.